The van der Waals surface area contributed by atoms with Crippen LogP contribution in [0, 0.1) is 11.8 Å². The van der Waals surface area contributed by atoms with Crippen LogP contribution < -0.4 is 10.6 Å². The van der Waals surface area contributed by atoms with Crippen molar-refractivity contribution >= 4 is 36.0 Å². The first kappa shape index (κ1) is 21.1. The lowest BCUT2D eigenvalue weighted by molar-refractivity contribution is -0.126. The van der Waals surface area contributed by atoms with Gasteiger partial charge in [0.15, 0.2) is 12.6 Å². The largest absolute Gasteiger partial charge is 0.356 e. The molecule has 2 rings (SSSR count). The zero-order chi connectivity index (χ0) is 19.6. The van der Waals surface area contributed by atoms with Gasteiger partial charge in [0.2, 0.25) is 11.8 Å². The molecule has 1 aliphatic carbocycles. The van der Waals surface area contributed by atoms with Crippen LogP contribution in [0.25, 0.3) is 0 Å². The molecule has 0 saturated heterocycles. The Morgan fingerprint density at radius 2 is 1.74 bits per heavy atom. The second-order valence-electron chi connectivity index (χ2n) is 6.90. The summed E-state index contributed by atoms with van der Waals surface area (Å²) in [5, 5.41) is 5.76. The van der Waals surface area contributed by atoms with Crippen molar-refractivity contribution in [2.24, 2.45) is 11.8 Å². The topological polar surface area (TPSA) is 92.3 Å². The SMILES string of the molecule is O=Cc1ccc(CCNC(=O)C2CCC(CNC(=O)CCl)CC2)cc1C=O. The van der Waals surface area contributed by atoms with E-state index in [4.69, 9.17) is 11.6 Å². The molecule has 0 bridgehead atoms. The van der Waals surface area contributed by atoms with Crippen molar-refractivity contribution < 1.29 is 19.2 Å². The van der Waals surface area contributed by atoms with Crippen LogP contribution in [0.15, 0.2) is 18.2 Å². The van der Waals surface area contributed by atoms with Gasteiger partial charge in [0, 0.05) is 30.1 Å². The van der Waals surface area contributed by atoms with Gasteiger partial charge in [-0.25, -0.2) is 0 Å². The van der Waals surface area contributed by atoms with Gasteiger partial charge in [-0.1, -0.05) is 12.1 Å². The Morgan fingerprint density at radius 1 is 1.04 bits per heavy atom. The van der Waals surface area contributed by atoms with E-state index in [0.717, 1.165) is 31.2 Å². The predicted octanol–water partition coefficient (Wildman–Crippen LogP) is 2.13. The van der Waals surface area contributed by atoms with E-state index in [1.54, 1.807) is 18.2 Å². The monoisotopic (exact) mass is 392 g/mol. The van der Waals surface area contributed by atoms with Gasteiger partial charge >= 0.3 is 0 Å². The van der Waals surface area contributed by atoms with Gasteiger partial charge in [0.1, 0.15) is 5.88 Å². The van der Waals surface area contributed by atoms with Crippen molar-refractivity contribution in [3.63, 3.8) is 0 Å². The third-order valence-corrected chi connectivity index (χ3v) is 5.29. The lowest BCUT2D eigenvalue weighted by Crippen LogP contribution is -2.37. The van der Waals surface area contributed by atoms with Crippen LogP contribution in [0.4, 0.5) is 0 Å². The van der Waals surface area contributed by atoms with Gasteiger partial charge in [-0.05, 0) is 49.7 Å². The Bertz CT molecular complexity index is 685. The van der Waals surface area contributed by atoms with Crippen LogP contribution in [0.2, 0.25) is 0 Å². The second-order valence-corrected chi connectivity index (χ2v) is 7.16. The summed E-state index contributed by atoms with van der Waals surface area (Å²) in [6.45, 7) is 1.11. The summed E-state index contributed by atoms with van der Waals surface area (Å²) in [6, 6.07) is 5.10. The smallest absolute Gasteiger partial charge is 0.234 e. The van der Waals surface area contributed by atoms with Crippen LogP contribution in [-0.2, 0) is 16.0 Å². The third kappa shape index (κ3) is 6.47. The molecule has 2 amide bonds. The van der Waals surface area contributed by atoms with Crippen LogP contribution in [-0.4, -0.2) is 43.4 Å². The Kier molecular flexibility index (Phi) is 8.45. The standard InChI is InChI=1S/C20H25ClN2O4/c21-10-19(26)23-11-15-2-4-16(5-3-15)20(27)22-8-7-14-1-6-17(12-24)18(9-14)13-25/h1,6,9,12-13,15-16H,2-5,7-8,10-11H2,(H,22,27)(H,23,26). The van der Waals surface area contributed by atoms with Crippen LogP contribution in [0.1, 0.15) is 52.0 Å². The summed E-state index contributed by atoms with van der Waals surface area (Å²) in [5.74, 6) is 0.283. The summed E-state index contributed by atoms with van der Waals surface area (Å²) in [7, 11) is 0. The highest BCUT2D eigenvalue weighted by Crippen LogP contribution is 2.28. The molecule has 0 radical (unpaired) electrons. The molecule has 146 valence electrons. The molecule has 6 nitrogen and oxygen atoms in total. The van der Waals surface area contributed by atoms with E-state index in [-0.39, 0.29) is 23.6 Å². The molecule has 2 N–H and O–H groups in total. The molecule has 1 fully saturated rings. The number of carbonyl (C=O) groups is 4. The molecule has 7 heteroatoms. The number of benzene rings is 1. The Hall–Kier alpha value is -2.21. The van der Waals surface area contributed by atoms with Gasteiger partial charge in [-0.15, -0.1) is 11.6 Å². The van der Waals surface area contributed by atoms with E-state index in [1.807, 2.05) is 0 Å². The van der Waals surface area contributed by atoms with Crippen LogP contribution in [0.3, 0.4) is 0 Å². The van der Waals surface area contributed by atoms with Crippen molar-refractivity contribution in [2.45, 2.75) is 32.1 Å². The zero-order valence-corrected chi connectivity index (χ0v) is 16.0. The molecule has 1 aliphatic rings. The summed E-state index contributed by atoms with van der Waals surface area (Å²) in [6.07, 6.45) is 5.39. The number of nitrogens with one attached hydrogen (secondary N) is 2. The van der Waals surface area contributed by atoms with Crippen molar-refractivity contribution in [1.82, 2.24) is 10.6 Å². The molecule has 0 spiro atoms. The molecular weight excluding hydrogens is 368 g/mol. The molecule has 0 aliphatic heterocycles. The minimum absolute atomic E-state index is 0.00736. The van der Waals surface area contributed by atoms with Crippen molar-refractivity contribution in [1.29, 1.82) is 0 Å². The van der Waals surface area contributed by atoms with Crippen molar-refractivity contribution in [3.8, 4) is 0 Å². The number of hydrogen-bond donors (Lipinski definition) is 2. The maximum atomic E-state index is 12.3. The fraction of sp³-hybridized carbons (Fsp3) is 0.500. The Balaban J connectivity index is 1.71. The molecule has 1 saturated carbocycles. The molecule has 27 heavy (non-hydrogen) atoms. The number of aldehydes is 2. The number of carbonyl (C=O) groups excluding carboxylic acids is 4. The zero-order valence-electron chi connectivity index (χ0n) is 15.2. The van der Waals surface area contributed by atoms with Gasteiger partial charge < -0.3 is 10.6 Å². The van der Waals surface area contributed by atoms with E-state index in [9.17, 15) is 19.2 Å². The molecule has 0 atom stereocenters. The minimum Gasteiger partial charge on any atom is -0.356 e. The fourth-order valence-electron chi connectivity index (χ4n) is 3.40. The lowest BCUT2D eigenvalue weighted by Gasteiger charge is -2.27. The van der Waals surface area contributed by atoms with Crippen LogP contribution >= 0.6 is 11.6 Å². The van der Waals surface area contributed by atoms with Gasteiger partial charge in [-0.3, -0.25) is 19.2 Å². The van der Waals surface area contributed by atoms with E-state index < -0.39 is 0 Å². The number of hydrogen-bond acceptors (Lipinski definition) is 4. The molecule has 1 aromatic rings. The van der Waals surface area contributed by atoms with E-state index in [0.29, 0.717) is 49.1 Å². The first-order valence-corrected chi connectivity index (χ1v) is 9.74. The van der Waals surface area contributed by atoms with Gasteiger partial charge in [0.05, 0.1) is 0 Å². The number of amides is 2. The van der Waals surface area contributed by atoms with Gasteiger partial charge in [-0.2, -0.15) is 0 Å². The number of halogens is 1. The maximum absolute atomic E-state index is 12.3. The van der Waals surface area contributed by atoms with Crippen molar-refractivity contribution in [3.05, 3.63) is 34.9 Å². The van der Waals surface area contributed by atoms with Gasteiger partial charge in [0.25, 0.3) is 0 Å². The highest BCUT2D eigenvalue weighted by molar-refractivity contribution is 6.27. The Morgan fingerprint density at radius 3 is 2.37 bits per heavy atom. The number of alkyl halides is 1. The quantitative estimate of drug-likeness (QED) is 0.497. The first-order chi connectivity index (χ1) is 13.1. The van der Waals surface area contributed by atoms with E-state index in [2.05, 4.69) is 10.6 Å². The van der Waals surface area contributed by atoms with E-state index >= 15 is 0 Å². The molecule has 0 heterocycles. The molecular formula is C20H25ClN2O4. The molecule has 0 aromatic heterocycles. The average Bonchev–Trinajstić information content (AvgIpc) is 2.72. The van der Waals surface area contributed by atoms with Crippen molar-refractivity contribution in [2.75, 3.05) is 19.0 Å². The average molecular weight is 393 g/mol. The summed E-state index contributed by atoms with van der Waals surface area (Å²) < 4.78 is 0. The number of rotatable bonds is 9. The van der Waals surface area contributed by atoms with Crippen LogP contribution in [0.5, 0.6) is 0 Å². The summed E-state index contributed by atoms with van der Waals surface area (Å²) in [5.41, 5.74) is 1.65. The van der Waals surface area contributed by atoms with E-state index in [1.165, 1.54) is 0 Å². The molecule has 1 aromatic carbocycles. The minimum atomic E-state index is -0.157. The maximum Gasteiger partial charge on any atom is 0.234 e. The third-order valence-electron chi connectivity index (χ3n) is 5.04. The lowest BCUT2D eigenvalue weighted by atomic mass is 9.81. The highest BCUT2D eigenvalue weighted by atomic mass is 35.5. The summed E-state index contributed by atoms with van der Waals surface area (Å²) >= 11 is 5.46. The first-order valence-electron chi connectivity index (χ1n) is 9.21. The fourth-order valence-corrected chi connectivity index (χ4v) is 3.49. The Labute approximate surface area is 164 Å². The summed E-state index contributed by atoms with van der Waals surface area (Å²) in [4.78, 5) is 45.4. The normalized spacial score (nSPS) is 19.1. The highest BCUT2D eigenvalue weighted by Gasteiger charge is 2.26. The predicted molar refractivity (Wildman–Crippen MR) is 103 cm³/mol. The molecule has 0 unspecified atom stereocenters. The second kappa shape index (κ2) is 10.8.